The maximum atomic E-state index is 12.5. The quantitative estimate of drug-likeness (QED) is 0.853. The minimum atomic E-state index is 0.00782. The molecule has 2 rings (SSSR count). The van der Waals surface area contributed by atoms with Crippen molar-refractivity contribution in [2.45, 2.75) is 38.6 Å². The van der Waals surface area contributed by atoms with Gasteiger partial charge in [-0.1, -0.05) is 6.07 Å². The molecule has 4 heteroatoms. The van der Waals surface area contributed by atoms with Crippen molar-refractivity contribution >= 4 is 5.91 Å². The van der Waals surface area contributed by atoms with Crippen LogP contribution in [0.3, 0.4) is 0 Å². The van der Waals surface area contributed by atoms with E-state index in [1.807, 2.05) is 11.8 Å². The van der Waals surface area contributed by atoms with Gasteiger partial charge in [-0.25, -0.2) is 0 Å². The van der Waals surface area contributed by atoms with Crippen LogP contribution in [0.2, 0.25) is 0 Å². The SMILES string of the molecule is Cc1ccc(C(=O)N(CCCN)C2CCC2)cc1O. The molecule has 1 aromatic carbocycles. The molecule has 0 unspecified atom stereocenters. The molecule has 0 atom stereocenters. The molecule has 1 fully saturated rings. The number of nitrogens with zero attached hydrogens (tertiary/aromatic N) is 1. The Bertz CT molecular complexity index is 455. The van der Waals surface area contributed by atoms with E-state index in [-0.39, 0.29) is 11.7 Å². The number of aryl methyl sites for hydroxylation is 1. The molecule has 0 saturated heterocycles. The summed E-state index contributed by atoms with van der Waals surface area (Å²) in [4.78, 5) is 14.4. The first kappa shape index (κ1) is 13.9. The summed E-state index contributed by atoms with van der Waals surface area (Å²) in [5, 5.41) is 9.73. The standard InChI is InChI=1S/C15H22N2O2/c1-11-6-7-12(10-14(11)18)15(19)17(9-3-8-16)13-4-2-5-13/h6-7,10,13,18H,2-5,8-9,16H2,1H3. The fourth-order valence-corrected chi connectivity index (χ4v) is 2.32. The Balaban J connectivity index is 2.15. The minimum Gasteiger partial charge on any atom is -0.508 e. The van der Waals surface area contributed by atoms with Gasteiger partial charge in [-0.15, -0.1) is 0 Å². The summed E-state index contributed by atoms with van der Waals surface area (Å²) < 4.78 is 0. The molecule has 0 aliphatic heterocycles. The second-order valence-electron chi connectivity index (χ2n) is 5.23. The topological polar surface area (TPSA) is 66.6 Å². The molecule has 3 N–H and O–H groups in total. The molecule has 0 heterocycles. The molecule has 0 bridgehead atoms. The molecule has 0 radical (unpaired) electrons. The van der Waals surface area contributed by atoms with Crippen molar-refractivity contribution < 1.29 is 9.90 Å². The lowest BCUT2D eigenvalue weighted by Gasteiger charge is -2.37. The number of nitrogens with two attached hydrogens (primary N) is 1. The van der Waals surface area contributed by atoms with Crippen LogP contribution in [0.1, 0.15) is 41.6 Å². The number of hydrogen-bond acceptors (Lipinski definition) is 3. The van der Waals surface area contributed by atoms with Gasteiger partial charge in [0.1, 0.15) is 5.75 Å². The van der Waals surface area contributed by atoms with Gasteiger partial charge in [0.25, 0.3) is 5.91 Å². The third-order valence-corrected chi connectivity index (χ3v) is 3.84. The molecule has 19 heavy (non-hydrogen) atoms. The molecule has 1 aromatic rings. The van der Waals surface area contributed by atoms with E-state index in [2.05, 4.69) is 0 Å². The molecular weight excluding hydrogens is 240 g/mol. The lowest BCUT2D eigenvalue weighted by Crippen LogP contribution is -2.45. The summed E-state index contributed by atoms with van der Waals surface area (Å²) in [6, 6.07) is 5.48. The zero-order valence-corrected chi connectivity index (χ0v) is 11.4. The number of carbonyl (C=O) groups excluding carboxylic acids is 1. The Labute approximate surface area is 114 Å². The number of hydrogen-bond donors (Lipinski definition) is 2. The Hall–Kier alpha value is -1.55. The number of carbonyl (C=O) groups is 1. The van der Waals surface area contributed by atoms with Crippen LogP contribution < -0.4 is 5.73 Å². The zero-order valence-electron chi connectivity index (χ0n) is 11.4. The van der Waals surface area contributed by atoms with Crippen molar-refractivity contribution in [1.82, 2.24) is 4.90 Å². The highest BCUT2D eigenvalue weighted by Gasteiger charge is 2.29. The van der Waals surface area contributed by atoms with E-state index in [0.29, 0.717) is 24.7 Å². The van der Waals surface area contributed by atoms with Crippen LogP contribution in [-0.4, -0.2) is 35.0 Å². The predicted octanol–water partition coefficient (Wildman–Crippen LogP) is 2.04. The molecule has 1 amide bonds. The molecular formula is C15H22N2O2. The molecule has 104 valence electrons. The summed E-state index contributed by atoms with van der Waals surface area (Å²) in [5.74, 6) is 0.187. The second-order valence-corrected chi connectivity index (χ2v) is 5.23. The van der Waals surface area contributed by atoms with Crippen molar-refractivity contribution in [2.75, 3.05) is 13.1 Å². The van der Waals surface area contributed by atoms with Gasteiger partial charge in [-0.05, 0) is 56.8 Å². The predicted molar refractivity (Wildman–Crippen MR) is 75.2 cm³/mol. The monoisotopic (exact) mass is 262 g/mol. The van der Waals surface area contributed by atoms with Crippen LogP contribution in [-0.2, 0) is 0 Å². The average molecular weight is 262 g/mol. The summed E-state index contributed by atoms with van der Waals surface area (Å²) in [7, 11) is 0. The molecule has 0 aromatic heterocycles. The number of phenols is 1. The number of phenolic OH excluding ortho intramolecular Hbond substituents is 1. The van der Waals surface area contributed by atoms with Gasteiger partial charge in [0.05, 0.1) is 0 Å². The molecule has 4 nitrogen and oxygen atoms in total. The maximum Gasteiger partial charge on any atom is 0.254 e. The van der Waals surface area contributed by atoms with E-state index >= 15 is 0 Å². The lowest BCUT2D eigenvalue weighted by atomic mass is 9.90. The third-order valence-electron chi connectivity index (χ3n) is 3.84. The highest BCUT2D eigenvalue weighted by molar-refractivity contribution is 5.95. The van der Waals surface area contributed by atoms with E-state index in [0.717, 1.165) is 24.8 Å². The fraction of sp³-hybridized carbons (Fsp3) is 0.533. The largest absolute Gasteiger partial charge is 0.508 e. The van der Waals surface area contributed by atoms with Gasteiger partial charge in [-0.3, -0.25) is 4.79 Å². The molecule has 1 aliphatic carbocycles. The average Bonchev–Trinajstić information content (AvgIpc) is 2.34. The van der Waals surface area contributed by atoms with Crippen LogP contribution >= 0.6 is 0 Å². The van der Waals surface area contributed by atoms with Gasteiger partial charge in [-0.2, -0.15) is 0 Å². The summed E-state index contributed by atoms with van der Waals surface area (Å²) in [6.07, 6.45) is 4.17. The Morgan fingerprint density at radius 3 is 2.74 bits per heavy atom. The van der Waals surface area contributed by atoms with Gasteiger partial charge in [0.15, 0.2) is 0 Å². The van der Waals surface area contributed by atoms with Crippen molar-refractivity contribution in [3.05, 3.63) is 29.3 Å². The van der Waals surface area contributed by atoms with Crippen LogP contribution in [0.25, 0.3) is 0 Å². The van der Waals surface area contributed by atoms with Gasteiger partial charge >= 0.3 is 0 Å². The lowest BCUT2D eigenvalue weighted by molar-refractivity contribution is 0.0578. The summed E-state index contributed by atoms with van der Waals surface area (Å²) in [5.41, 5.74) is 6.89. The summed E-state index contributed by atoms with van der Waals surface area (Å²) >= 11 is 0. The van der Waals surface area contributed by atoms with E-state index in [1.54, 1.807) is 18.2 Å². The smallest absolute Gasteiger partial charge is 0.254 e. The molecule has 1 saturated carbocycles. The first-order valence-corrected chi connectivity index (χ1v) is 6.94. The molecule has 0 spiro atoms. The first-order valence-electron chi connectivity index (χ1n) is 6.94. The van der Waals surface area contributed by atoms with E-state index in [4.69, 9.17) is 5.73 Å². The number of rotatable bonds is 5. The van der Waals surface area contributed by atoms with Crippen LogP contribution in [0.15, 0.2) is 18.2 Å². The second kappa shape index (κ2) is 6.06. The fourth-order valence-electron chi connectivity index (χ4n) is 2.32. The third kappa shape index (κ3) is 3.07. The number of aromatic hydroxyl groups is 1. The Kier molecular flexibility index (Phi) is 4.43. The Morgan fingerprint density at radius 1 is 1.47 bits per heavy atom. The highest BCUT2D eigenvalue weighted by Crippen LogP contribution is 2.27. The first-order chi connectivity index (χ1) is 9.13. The van der Waals surface area contributed by atoms with Crippen molar-refractivity contribution in [3.63, 3.8) is 0 Å². The van der Waals surface area contributed by atoms with Crippen molar-refractivity contribution in [1.29, 1.82) is 0 Å². The number of benzene rings is 1. The Morgan fingerprint density at radius 2 is 2.21 bits per heavy atom. The summed E-state index contributed by atoms with van der Waals surface area (Å²) in [6.45, 7) is 3.12. The number of amides is 1. The normalized spacial score (nSPS) is 15.1. The van der Waals surface area contributed by atoms with Crippen LogP contribution in [0.5, 0.6) is 5.75 Å². The zero-order chi connectivity index (χ0) is 13.8. The maximum absolute atomic E-state index is 12.5. The highest BCUT2D eigenvalue weighted by atomic mass is 16.3. The molecule has 1 aliphatic rings. The van der Waals surface area contributed by atoms with Crippen molar-refractivity contribution in [3.8, 4) is 5.75 Å². The van der Waals surface area contributed by atoms with Crippen molar-refractivity contribution in [2.24, 2.45) is 5.73 Å². The minimum absolute atomic E-state index is 0.00782. The van der Waals surface area contributed by atoms with Gasteiger partial charge in [0.2, 0.25) is 0 Å². The van der Waals surface area contributed by atoms with Crippen LogP contribution in [0.4, 0.5) is 0 Å². The van der Waals surface area contributed by atoms with E-state index in [9.17, 15) is 9.90 Å². The van der Waals surface area contributed by atoms with E-state index < -0.39 is 0 Å². The van der Waals surface area contributed by atoms with Gasteiger partial charge < -0.3 is 15.7 Å². The van der Waals surface area contributed by atoms with Gasteiger partial charge in [0, 0.05) is 18.2 Å². The van der Waals surface area contributed by atoms with E-state index in [1.165, 1.54) is 6.42 Å². The van der Waals surface area contributed by atoms with Crippen LogP contribution in [0, 0.1) is 6.92 Å².